The fourth-order valence-corrected chi connectivity index (χ4v) is 8.62. The number of ketones is 1. The third-order valence-electron chi connectivity index (χ3n) is 10.4. The summed E-state index contributed by atoms with van der Waals surface area (Å²) in [5, 5.41) is 21.8. The van der Waals surface area contributed by atoms with Crippen LogP contribution in [0.25, 0.3) is 0 Å². The number of fused-ring (bicyclic) bond motifs is 5. The van der Waals surface area contributed by atoms with Gasteiger partial charge in [0.15, 0.2) is 0 Å². The third-order valence-corrected chi connectivity index (χ3v) is 10.4. The van der Waals surface area contributed by atoms with Gasteiger partial charge in [0.25, 0.3) is 0 Å². The monoisotopic (exact) mass is 434 g/mol. The summed E-state index contributed by atoms with van der Waals surface area (Å²) in [4.78, 5) is 25.3. The lowest BCUT2D eigenvalue weighted by molar-refractivity contribution is -0.182. The van der Waals surface area contributed by atoms with Gasteiger partial charge in [0, 0.05) is 24.2 Å². The number of aliphatic hydroxyl groups excluding tert-OH is 2. The van der Waals surface area contributed by atoms with Gasteiger partial charge in [0.1, 0.15) is 5.78 Å². The summed E-state index contributed by atoms with van der Waals surface area (Å²) in [6.07, 6.45) is 6.34. The first-order valence-corrected chi connectivity index (χ1v) is 12.7. The Kier molecular flexibility index (Phi) is 6.33. The van der Waals surface area contributed by atoms with Crippen LogP contribution in [0.5, 0.6) is 0 Å². The van der Waals surface area contributed by atoms with Crippen LogP contribution in [0.2, 0.25) is 0 Å². The number of aliphatic hydroxyl groups is 2. The molecule has 0 bridgehead atoms. The molecule has 176 valence electrons. The van der Waals surface area contributed by atoms with Crippen molar-refractivity contribution in [1.82, 2.24) is 0 Å². The van der Waals surface area contributed by atoms with E-state index >= 15 is 0 Å². The molecule has 4 rings (SSSR count). The highest BCUT2D eigenvalue weighted by molar-refractivity contribution is 5.83. The van der Waals surface area contributed by atoms with Crippen molar-refractivity contribution in [3.8, 4) is 0 Å². The summed E-state index contributed by atoms with van der Waals surface area (Å²) >= 11 is 0. The van der Waals surface area contributed by atoms with Crippen molar-refractivity contribution < 1.29 is 24.5 Å². The number of ether oxygens (including phenoxy) is 1. The topological polar surface area (TPSA) is 83.8 Å². The van der Waals surface area contributed by atoms with Crippen LogP contribution in [0.4, 0.5) is 0 Å². The number of hydrogen-bond donors (Lipinski definition) is 2. The van der Waals surface area contributed by atoms with Gasteiger partial charge in [-0.15, -0.1) is 0 Å². The normalized spacial score (nSPS) is 47.8. The van der Waals surface area contributed by atoms with Gasteiger partial charge in [-0.25, -0.2) is 0 Å². The Morgan fingerprint density at radius 2 is 1.90 bits per heavy atom. The van der Waals surface area contributed by atoms with Gasteiger partial charge in [0.2, 0.25) is 0 Å². The maximum Gasteiger partial charge on any atom is 0.305 e. The Morgan fingerprint density at radius 3 is 2.61 bits per heavy atom. The fraction of sp³-hybridized carbons (Fsp3) is 0.923. The van der Waals surface area contributed by atoms with Crippen molar-refractivity contribution in [2.45, 2.75) is 97.7 Å². The molecule has 0 aromatic rings. The first-order valence-electron chi connectivity index (χ1n) is 12.7. The van der Waals surface area contributed by atoms with E-state index in [1.165, 1.54) is 0 Å². The maximum atomic E-state index is 13.5. The second kappa shape index (κ2) is 8.44. The fourth-order valence-electron chi connectivity index (χ4n) is 8.62. The second-order valence-corrected chi connectivity index (χ2v) is 11.7. The summed E-state index contributed by atoms with van der Waals surface area (Å²) in [7, 11) is 0. The van der Waals surface area contributed by atoms with Crippen LogP contribution in [-0.4, -0.2) is 40.8 Å². The smallest absolute Gasteiger partial charge is 0.305 e. The Morgan fingerprint density at radius 1 is 1.16 bits per heavy atom. The quantitative estimate of drug-likeness (QED) is 0.636. The minimum Gasteiger partial charge on any atom is -0.466 e. The SMILES string of the molecule is CCOC(=O)CC[C@H](C)[C@H]1CC[C@H]2[C@@H]3C(=O)C[C@@H]4C[C@H](O)CC[C@]4(C)[C@H]3C[C@H](O)[C@]12C. The molecule has 5 nitrogen and oxygen atoms in total. The summed E-state index contributed by atoms with van der Waals surface area (Å²) < 4.78 is 5.11. The Labute approximate surface area is 187 Å². The molecule has 4 aliphatic carbocycles. The van der Waals surface area contributed by atoms with Gasteiger partial charge in [0.05, 0.1) is 18.8 Å². The zero-order valence-electron chi connectivity index (χ0n) is 19.8. The third kappa shape index (κ3) is 3.68. The zero-order chi connectivity index (χ0) is 22.6. The molecule has 0 amide bonds. The van der Waals surface area contributed by atoms with E-state index in [0.717, 1.165) is 38.5 Å². The Balaban J connectivity index is 1.55. The standard InChI is InChI=1S/C26H42O5/c1-5-31-23(30)9-6-15(2)18-7-8-19-24-20(14-22(29)26(18,19)4)25(3)11-10-17(27)12-16(25)13-21(24)28/h15-20,22,24,27,29H,5-14H2,1-4H3/t15-,16-,17+,18+,19-,20-,22-,24-,25-,26+/m0/s1. The van der Waals surface area contributed by atoms with E-state index in [1.54, 1.807) is 0 Å². The molecule has 4 aliphatic rings. The van der Waals surface area contributed by atoms with Crippen molar-refractivity contribution in [3.05, 3.63) is 0 Å². The highest BCUT2D eigenvalue weighted by Gasteiger charge is 2.65. The van der Waals surface area contributed by atoms with Gasteiger partial charge in [-0.05, 0) is 86.9 Å². The number of rotatable bonds is 5. The van der Waals surface area contributed by atoms with Crippen LogP contribution in [0.1, 0.15) is 85.5 Å². The molecule has 0 heterocycles. The zero-order valence-corrected chi connectivity index (χ0v) is 19.8. The van der Waals surface area contributed by atoms with Gasteiger partial charge in [-0.2, -0.15) is 0 Å². The predicted molar refractivity (Wildman–Crippen MR) is 118 cm³/mol. The summed E-state index contributed by atoms with van der Waals surface area (Å²) in [5.41, 5.74) is -0.212. The van der Waals surface area contributed by atoms with E-state index in [-0.39, 0.29) is 46.6 Å². The summed E-state index contributed by atoms with van der Waals surface area (Å²) in [6.45, 7) is 9.01. The molecule has 2 N–H and O–H groups in total. The first-order chi connectivity index (χ1) is 14.6. The molecular weight excluding hydrogens is 392 g/mol. The Bertz CT molecular complexity index is 706. The van der Waals surface area contributed by atoms with Crippen molar-refractivity contribution in [2.75, 3.05) is 6.61 Å². The van der Waals surface area contributed by atoms with Crippen LogP contribution in [0.3, 0.4) is 0 Å². The van der Waals surface area contributed by atoms with Crippen molar-refractivity contribution in [1.29, 1.82) is 0 Å². The molecule has 0 aromatic carbocycles. The average molecular weight is 435 g/mol. The molecule has 5 heteroatoms. The molecule has 0 unspecified atom stereocenters. The lowest BCUT2D eigenvalue weighted by Crippen LogP contribution is -2.61. The van der Waals surface area contributed by atoms with E-state index in [2.05, 4.69) is 20.8 Å². The minimum absolute atomic E-state index is 0.0483. The van der Waals surface area contributed by atoms with Crippen LogP contribution in [0, 0.1) is 46.3 Å². The maximum absolute atomic E-state index is 13.5. The minimum atomic E-state index is -0.411. The van der Waals surface area contributed by atoms with Crippen LogP contribution >= 0.6 is 0 Å². The molecule has 10 atom stereocenters. The average Bonchev–Trinajstić information content (AvgIpc) is 3.07. The van der Waals surface area contributed by atoms with Crippen molar-refractivity contribution in [2.24, 2.45) is 46.3 Å². The molecular formula is C26H42O5. The molecule has 0 spiro atoms. The van der Waals surface area contributed by atoms with E-state index in [0.29, 0.717) is 43.5 Å². The highest BCUT2D eigenvalue weighted by atomic mass is 16.5. The number of esters is 1. The van der Waals surface area contributed by atoms with Crippen LogP contribution in [-0.2, 0) is 14.3 Å². The number of Topliss-reactive ketones (excluding diaryl/α,β-unsaturated/α-hetero) is 1. The van der Waals surface area contributed by atoms with Crippen LogP contribution < -0.4 is 0 Å². The van der Waals surface area contributed by atoms with Gasteiger partial charge >= 0.3 is 5.97 Å². The van der Waals surface area contributed by atoms with E-state index in [1.807, 2.05) is 6.92 Å². The second-order valence-electron chi connectivity index (χ2n) is 11.7. The summed E-state index contributed by atoms with van der Waals surface area (Å²) in [5.74, 6) is 1.64. The summed E-state index contributed by atoms with van der Waals surface area (Å²) in [6, 6.07) is 0. The molecule has 4 saturated carbocycles. The van der Waals surface area contributed by atoms with E-state index < -0.39 is 6.10 Å². The number of hydrogen-bond acceptors (Lipinski definition) is 5. The molecule has 0 radical (unpaired) electrons. The van der Waals surface area contributed by atoms with E-state index in [4.69, 9.17) is 4.74 Å². The van der Waals surface area contributed by atoms with Gasteiger partial charge < -0.3 is 14.9 Å². The Hall–Kier alpha value is -0.940. The lowest BCUT2D eigenvalue weighted by atomic mass is 9.43. The molecule has 0 saturated heterocycles. The van der Waals surface area contributed by atoms with Gasteiger partial charge in [-0.3, -0.25) is 9.59 Å². The molecule has 4 fully saturated rings. The van der Waals surface area contributed by atoms with Gasteiger partial charge in [-0.1, -0.05) is 20.8 Å². The number of carbonyl (C=O) groups is 2. The predicted octanol–water partition coefficient (Wildman–Crippen LogP) is 4.14. The molecule has 0 aromatic heterocycles. The van der Waals surface area contributed by atoms with Crippen molar-refractivity contribution in [3.63, 3.8) is 0 Å². The van der Waals surface area contributed by atoms with E-state index in [9.17, 15) is 19.8 Å². The van der Waals surface area contributed by atoms with Crippen LogP contribution in [0.15, 0.2) is 0 Å². The largest absolute Gasteiger partial charge is 0.466 e. The van der Waals surface area contributed by atoms with Crippen molar-refractivity contribution >= 4 is 11.8 Å². The first kappa shape index (κ1) is 23.2. The number of carbonyl (C=O) groups excluding carboxylic acids is 2. The highest BCUT2D eigenvalue weighted by Crippen LogP contribution is 2.67. The molecule has 31 heavy (non-hydrogen) atoms. The molecule has 0 aliphatic heterocycles. The lowest BCUT2D eigenvalue weighted by Gasteiger charge is -2.61.